The summed E-state index contributed by atoms with van der Waals surface area (Å²) < 4.78 is 0. The molecule has 0 bridgehead atoms. The zero-order valence-electron chi connectivity index (χ0n) is 9.57. The van der Waals surface area contributed by atoms with E-state index >= 15 is 0 Å². The lowest BCUT2D eigenvalue weighted by Crippen LogP contribution is -2.38. The fraction of sp³-hybridized carbons (Fsp3) is 0.692. The van der Waals surface area contributed by atoms with E-state index < -0.39 is 0 Å². The van der Waals surface area contributed by atoms with Gasteiger partial charge in [0.15, 0.2) is 0 Å². The fourth-order valence-corrected chi connectivity index (χ4v) is 4.03. The Labute approximate surface area is 86.3 Å². The molecule has 2 atom stereocenters. The van der Waals surface area contributed by atoms with Crippen LogP contribution < -0.4 is 5.32 Å². The van der Waals surface area contributed by atoms with Crippen molar-refractivity contribution in [2.45, 2.75) is 27.7 Å². The molecule has 3 aliphatic rings. The minimum atomic E-state index is 0.497. The molecule has 14 heavy (non-hydrogen) atoms. The van der Waals surface area contributed by atoms with E-state index in [1.54, 1.807) is 11.1 Å². The summed E-state index contributed by atoms with van der Waals surface area (Å²) in [5, 5.41) is 3.53. The molecule has 2 fully saturated rings. The molecule has 2 unspecified atom stereocenters. The summed E-state index contributed by atoms with van der Waals surface area (Å²) in [5.74, 6) is 0.855. The smallest absolute Gasteiger partial charge is 0.0277 e. The summed E-state index contributed by atoms with van der Waals surface area (Å²) >= 11 is 0. The van der Waals surface area contributed by atoms with Gasteiger partial charge in [-0.05, 0) is 36.3 Å². The van der Waals surface area contributed by atoms with E-state index in [-0.39, 0.29) is 0 Å². The predicted molar refractivity (Wildman–Crippen MR) is 59.0 cm³/mol. The van der Waals surface area contributed by atoms with Crippen LogP contribution in [0.25, 0.3) is 0 Å². The number of hydrogen-bond acceptors (Lipinski definition) is 1. The first-order chi connectivity index (χ1) is 6.53. The van der Waals surface area contributed by atoms with Crippen LogP contribution in [0.4, 0.5) is 0 Å². The van der Waals surface area contributed by atoms with Crippen molar-refractivity contribution in [1.82, 2.24) is 5.32 Å². The second kappa shape index (κ2) is 2.16. The van der Waals surface area contributed by atoms with Crippen LogP contribution in [-0.2, 0) is 0 Å². The highest BCUT2D eigenvalue weighted by Crippen LogP contribution is 2.80. The van der Waals surface area contributed by atoms with Crippen molar-refractivity contribution in [2.24, 2.45) is 16.7 Å². The van der Waals surface area contributed by atoms with Crippen molar-refractivity contribution < 1.29 is 0 Å². The van der Waals surface area contributed by atoms with Gasteiger partial charge < -0.3 is 5.32 Å². The molecular weight excluding hydrogens is 170 g/mol. The van der Waals surface area contributed by atoms with E-state index in [9.17, 15) is 0 Å². The third-order valence-corrected chi connectivity index (χ3v) is 4.78. The Hall–Kier alpha value is -0.560. The van der Waals surface area contributed by atoms with Crippen molar-refractivity contribution in [1.29, 1.82) is 0 Å². The van der Waals surface area contributed by atoms with Gasteiger partial charge in [0.2, 0.25) is 0 Å². The molecule has 1 heterocycles. The zero-order chi connectivity index (χ0) is 10.1. The van der Waals surface area contributed by atoms with Gasteiger partial charge in [-0.15, -0.1) is 0 Å². The molecule has 1 aliphatic heterocycles. The van der Waals surface area contributed by atoms with Crippen molar-refractivity contribution in [3.05, 3.63) is 22.8 Å². The quantitative estimate of drug-likeness (QED) is 0.617. The summed E-state index contributed by atoms with van der Waals surface area (Å²) in [4.78, 5) is 0. The van der Waals surface area contributed by atoms with Gasteiger partial charge in [-0.25, -0.2) is 0 Å². The van der Waals surface area contributed by atoms with Crippen LogP contribution in [-0.4, -0.2) is 13.1 Å². The molecule has 1 heteroatoms. The van der Waals surface area contributed by atoms with Crippen LogP contribution in [0.2, 0.25) is 0 Å². The normalized spacial score (nSPS) is 41.9. The van der Waals surface area contributed by atoms with Gasteiger partial charge in [-0.3, -0.25) is 0 Å². The van der Waals surface area contributed by atoms with Crippen LogP contribution in [0.3, 0.4) is 0 Å². The molecule has 1 nitrogen and oxygen atoms in total. The Kier molecular flexibility index (Phi) is 1.35. The van der Waals surface area contributed by atoms with Gasteiger partial charge in [0.1, 0.15) is 0 Å². The third kappa shape index (κ3) is 0.631. The first kappa shape index (κ1) is 8.72. The number of allylic oxidation sites excluding steroid dienone is 3. The molecule has 76 valence electrons. The molecule has 3 rings (SSSR count). The Morgan fingerprint density at radius 3 is 2.71 bits per heavy atom. The standard InChI is InChI=1S/C13H19N/c1-8(2)10-5-9-6-14-7-11-12(3,4)13(9,10)11/h5,11,14H,6-7H2,1-4H3. The van der Waals surface area contributed by atoms with E-state index in [0.29, 0.717) is 10.8 Å². The first-order valence-corrected chi connectivity index (χ1v) is 5.62. The van der Waals surface area contributed by atoms with Crippen LogP contribution in [0.5, 0.6) is 0 Å². The second-order valence-electron chi connectivity index (χ2n) is 5.80. The monoisotopic (exact) mass is 189 g/mol. The molecule has 0 amide bonds. The number of piperidine rings is 1. The Bertz CT molecular complexity index is 369. The summed E-state index contributed by atoms with van der Waals surface area (Å²) in [6.45, 7) is 11.7. The highest BCUT2D eigenvalue weighted by molar-refractivity contribution is 5.62. The van der Waals surface area contributed by atoms with Gasteiger partial charge in [0.25, 0.3) is 0 Å². The van der Waals surface area contributed by atoms with Crippen LogP contribution in [0.1, 0.15) is 27.7 Å². The van der Waals surface area contributed by atoms with Crippen LogP contribution in [0.15, 0.2) is 22.8 Å². The Morgan fingerprint density at radius 1 is 1.43 bits per heavy atom. The minimum absolute atomic E-state index is 0.497. The molecule has 1 N–H and O–H groups in total. The lowest BCUT2D eigenvalue weighted by atomic mass is 9.68. The minimum Gasteiger partial charge on any atom is -0.313 e. The average molecular weight is 189 g/mol. The molecule has 1 spiro atoms. The van der Waals surface area contributed by atoms with Gasteiger partial charge in [-0.1, -0.05) is 25.5 Å². The maximum absolute atomic E-state index is 3.53. The summed E-state index contributed by atoms with van der Waals surface area (Å²) in [7, 11) is 0. The number of nitrogens with one attached hydrogen (secondary N) is 1. The predicted octanol–water partition coefficient (Wildman–Crippen LogP) is 2.51. The van der Waals surface area contributed by atoms with Gasteiger partial charge in [-0.2, -0.15) is 0 Å². The highest BCUT2D eigenvalue weighted by Gasteiger charge is 2.77. The van der Waals surface area contributed by atoms with Crippen molar-refractivity contribution in [2.75, 3.05) is 13.1 Å². The summed E-state index contributed by atoms with van der Waals surface area (Å²) in [6.07, 6.45) is 2.42. The van der Waals surface area contributed by atoms with E-state index in [0.717, 1.165) is 12.5 Å². The molecule has 1 saturated carbocycles. The van der Waals surface area contributed by atoms with Crippen molar-refractivity contribution >= 4 is 0 Å². The van der Waals surface area contributed by atoms with E-state index in [2.05, 4.69) is 39.1 Å². The van der Waals surface area contributed by atoms with E-state index in [1.807, 2.05) is 0 Å². The Morgan fingerprint density at radius 2 is 2.14 bits per heavy atom. The molecular formula is C13H19N. The molecule has 0 aromatic heterocycles. The van der Waals surface area contributed by atoms with Gasteiger partial charge in [0.05, 0.1) is 0 Å². The third-order valence-electron chi connectivity index (χ3n) is 4.78. The Balaban J connectivity index is 2.15. The zero-order valence-corrected chi connectivity index (χ0v) is 9.57. The highest BCUT2D eigenvalue weighted by atomic mass is 15.0. The lowest BCUT2D eigenvalue weighted by molar-refractivity contribution is 0.455. The number of rotatable bonds is 0. The fourth-order valence-electron chi connectivity index (χ4n) is 4.03. The SMILES string of the molecule is CC(C)=C1C=C2CNCC3C(C)(C)C213. The number of hydrogen-bond donors (Lipinski definition) is 1. The molecule has 0 aromatic rings. The first-order valence-electron chi connectivity index (χ1n) is 5.62. The van der Waals surface area contributed by atoms with Crippen LogP contribution in [0, 0.1) is 16.7 Å². The van der Waals surface area contributed by atoms with Crippen LogP contribution >= 0.6 is 0 Å². The van der Waals surface area contributed by atoms with E-state index in [1.165, 1.54) is 12.1 Å². The topological polar surface area (TPSA) is 12.0 Å². The maximum atomic E-state index is 3.53. The molecule has 0 aromatic carbocycles. The van der Waals surface area contributed by atoms with Crippen molar-refractivity contribution in [3.8, 4) is 0 Å². The lowest BCUT2D eigenvalue weighted by Gasteiger charge is -2.38. The van der Waals surface area contributed by atoms with Crippen molar-refractivity contribution in [3.63, 3.8) is 0 Å². The maximum Gasteiger partial charge on any atom is 0.0277 e. The van der Waals surface area contributed by atoms with E-state index in [4.69, 9.17) is 0 Å². The molecule has 1 saturated heterocycles. The largest absolute Gasteiger partial charge is 0.313 e. The second-order valence-corrected chi connectivity index (χ2v) is 5.80. The molecule has 0 radical (unpaired) electrons. The van der Waals surface area contributed by atoms with Gasteiger partial charge >= 0.3 is 0 Å². The van der Waals surface area contributed by atoms with Gasteiger partial charge in [0, 0.05) is 18.5 Å². The summed E-state index contributed by atoms with van der Waals surface area (Å²) in [5.41, 5.74) is 5.83. The average Bonchev–Trinajstić information content (AvgIpc) is 2.56. The summed E-state index contributed by atoms with van der Waals surface area (Å²) in [6, 6.07) is 0. The molecule has 2 aliphatic carbocycles.